The maximum Gasteiger partial charge on any atom is 0.143 e. The van der Waals surface area contributed by atoms with Crippen LogP contribution < -0.4 is 0 Å². The predicted molar refractivity (Wildman–Crippen MR) is 160 cm³/mol. The lowest BCUT2D eigenvalue weighted by Crippen LogP contribution is -2.28. The van der Waals surface area contributed by atoms with Crippen LogP contribution in [0.25, 0.3) is 44.2 Å². The zero-order valence-electron chi connectivity index (χ0n) is 21.5. The van der Waals surface area contributed by atoms with Gasteiger partial charge in [0, 0.05) is 16.3 Å². The molecule has 0 saturated heterocycles. The average Bonchev–Trinajstić information content (AvgIpc) is 3.52. The van der Waals surface area contributed by atoms with Crippen molar-refractivity contribution in [2.75, 3.05) is 0 Å². The summed E-state index contributed by atoms with van der Waals surface area (Å²) in [6.07, 6.45) is 0. The standard InChI is InChI=1S/C37H24O3/c38-26-17-13-24(14-18-26)37(25-15-19-27(39)20-16-25)33-10-3-1-6-29(33)30-21-12-23(22-34(30)37)28-8-5-9-32-31-7-2-4-11-35(31)40-36(28)32/h1-22,38-39H. The monoisotopic (exact) mass is 516 g/mol. The van der Waals surface area contributed by atoms with E-state index in [2.05, 4.69) is 66.7 Å². The Hall–Kier alpha value is -5.28. The number of rotatable bonds is 3. The minimum Gasteiger partial charge on any atom is -0.508 e. The topological polar surface area (TPSA) is 53.6 Å². The van der Waals surface area contributed by atoms with Crippen LogP contribution >= 0.6 is 0 Å². The highest BCUT2D eigenvalue weighted by molar-refractivity contribution is 6.09. The molecule has 3 nitrogen and oxygen atoms in total. The summed E-state index contributed by atoms with van der Waals surface area (Å²) in [6, 6.07) is 44.7. The van der Waals surface area contributed by atoms with E-state index in [4.69, 9.17) is 4.42 Å². The first-order valence-electron chi connectivity index (χ1n) is 13.4. The van der Waals surface area contributed by atoms with Crippen molar-refractivity contribution in [3.8, 4) is 33.8 Å². The Bertz CT molecular complexity index is 2020. The van der Waals surface area contributed by atoms with Crippen molar-refractivity contribution in [3.05, 3.63) is 156 Å². The second-order valence-electron chi connectivity index (χ2n) is 10.4. The van der Waals surface area contributed by atoms with Crippen molar-refractivity contribution in [1.29, 1.82) is 0 Å². The number of phenols is 2. The molecule has 0 unspecified atom stereocenters. The minimum atomic E-state index is -0.648. The molecule has 0 amide bonds. The predicted octanol–water partition coefficient (Wildman–Crippen LogP) is 9.03. The van der Waals surface area contributed by atoms with E-state index in [0.29, 0.717) is 0 Å². The third-order valence-electron chi connectivity index (χ3n) is 8.36. The number of para-hydroxylation sites is 2. The van der Waals surface area contributed by atoms with Crippen molar-refractivity contribution in [2.24, 2.45) is 0 Å². The van der Waals surface area contributed by atoms with Crippen LogP contribution in [0.5, 0.6) is 11.5 Å². The lowest BCUT2D eigenvalue weighted by molar-refractivity contribution is 0.475. The summed E-state index contributed by atoms with van der Waals surface area (Å²) < 4.78 is 6.41. The molecule has 1 aliphatic carbocycles. The van der Waals surface area contributed by atoms with E-state index >= 15 is 0 Å². The third-order valence-corrected chi connectivity index (χ3v) is 8.36. The molecular formula is C37H24O3. The van der Waals surface area contributed by atoms with E-state index in [1.807, 2.05) is 42.5 Å². The highest BCUT2D eigenvalue weighted by Crippen LogP contribution is 2.57. The van der Waals surface area contributed by atoms with Crippen LogP contribution in [0.1, 0.15) is 22.3 Å². The van der Waals surface area contributed by atoms with Gasteiger partial charge in [0.1, 0.15) is 22.7 Å². The first-order valence-corrected chi connectivity index (χ1v) is 13.4. The van der Waals surface area contributed by atoms with Crippen molar-refractivity contribution < 1.29 is 14.6 Å². The summed E-state index contributed by atoms with van der Waals surface area (Å²) in [7, 11) is 0. The normalized spacial score (nSPS) is 13.4. The van der Waals surface area contributed by atoms with Gasteiger partial charge < -0.3 is 14.6 Å². The SMILES string of the molecule is Oc1ccc(C2(c3ccc(O)cc3)c3ccccc3-c3ccc(-c4cccc5c4oc4ccccc45)cc32)cc1. The third kappa shape index (κ3) is 3.06. The van der Waals surface area contributed by atoms with Crippen molar-refractivity contribution in [2.45, 2.75) is 5.41 Å². The van der Waals surface area contributed by atoms with Crippen LogP contribution in [0.15, 0.2) is 138 Å². The lowest BCUT2D eigenvalue weighted by Gasteiger charge is -2.34. The number of aromatic hydroxyl groups is 2. The van der Waals surface area contributed by atoms with Gasteiger partial charge in [-0.05, 0) is 75.3 Å². The van der Waals surface area contributed by atoms with Crippen LogP contribution in [0, 0.1) is 0 Å². The van der Waals surface area contributed by atoms with Crippen LogP contribution in [-0.2, 0) is 5.41 Å². The zero-order valence-corrected chi connectivity index (χ0v) is 21.5. The molecule has 190 valence electrons. The fraction of sp³-hybridized carbons (Fsp3) is 0.0270. The summed E-state index contributed by atoms with van der Waals surface area (Å²) in [5, 5.41) is 22.6. The number of hydrogen-bond donors (Lipinski definition) is 2. The first kappa shape index (κ1) is 22.7. The van der Waals surface area contributed by atoms with Crippen molar-refractivity contribution in [1.82, 2.24) is 0 Å². The summed E-state index contributed by atoms with van der Waals surface area (Å²) in [5.74, 6) is 0.447. The van der Waals surface area contributed by atoms with E-state index in [9.17, 15) is 10.2 Å². The summed E-state index contributed by atoms with van der Waals surface area (Å²) in [6.45, 7) is 0. The number of hydrogen-bond acceptors (Lipinski definition) is 3. The van der Waals surface area contributed by atoms with E-state index in [0.717, 1.165) is 55.3 Å². The van der Waals surface area contributed by atoms with Gasteiger partial charge in [0.05, 0.1) is 5.41 Å². The molecular weight excluding hydrogens is 492 g/mol. The summed E-state index contributed by atoms with van der Waals surface area (Å²) in [4.78, 5) is 0. The number of furan rings is 1. The molecule has 0 fully saturated rings. The van der Waals surface area contributed by atoms with Gasteiger partial charge >= 0.3 is 0 Å². The van der Waals surface area contributed by atoms with E-state index < -0.39 is 5.41 Å². The van der Waals surface area contributed by atoms with Crippen LogP contribution in [-0.4, -0.2) is 10.2 Å². The quantitative estimate of drug-likeness (QED) is 0.246. The van der Waals surface area contributed by atoms with Gasteiger partial charge in [-0.1, -0.05) is 97.1 Å². The van der Waals surface area contributed by atoms with E-state index in [-0.39, 0.29) is 11.5 Å². The number of phenolic OH excluding ortho intramolecular Hbond substituents is 2. The number of benzene rings is 6. The van der Waals surface area contributed by atoms with Gasteiger partial charge in [0.25, 0.3) is 0 Å². The van der Waals surface area contributed by atoms with Gasteiger partial charge in [-0.2, -0.15) is 0 Å². The molecule has 1 aromatic heterocycles. The Balaban J connectivity index is 1.46. The Morgan fingerprint density at radius 1 is 0.475 bits per heavy atom. The van der Waals surface area contributed by atoms with Gasteiger partial charge in [0.15, 0.2) is 0 Å². The highest BCUT2D eigenvalue weighted by atomic mass is 16.3. The Kier molecular flexibility index (Phi) is 4.74. The minimum absolute atomic E-state index is 0.224. The van der Waals surface area contributed by atoms with Crippen LogP contribution in [0.4, 0.5) is 0 Å². The molecule has 0 radical (unpaired) electrons. The molecule has 1 aliphatic rings. The second kappa shape index (κ2) is 8.36. The summed E-state index contributed by atoms with van der Waals surface area (Å²) in [5.41, 5.74) is 9.95. The maximum atomic E-state index is 10.2. The molecule has 2 N–H and O–H groups in total. The Morgan fingerprint density at radius 2 is 1.07 bits per heavy atom. The first-order chi connectivity index (χ1) is 19.6. The van der Waals surface area contributed by atoms with Gasteiger partial charge in [-0.3, -0.25) is 0 Å². The van der Waals surface area contributed by atoms with Gasteiger partial charge in [0.2, 0.25) is 0 Å². The van der Waals surface area contributed by atoms with Crippen LogP contribution in [0.2, 0.25) is 0 Å². The molecule has 0 spiro atoms. The summed E-state index contributed by atoms with van der Waals surface area (Å²) >= 11 is 0. The maximum absolute atomic E-state index is 10.2. The Morgan fingerprint density at radius 3 is 1.82 bits per heavy atom. The molecule has 0 bridgehead atoms. The van der Waals surface area contributed by atoms with E-state index in [1.165, 1.54) is 11.1 Å². The fourth-order valence-corrected chi connectivity index (χ4v) is 6.63. The lowest BCUT2D eigenvalue weighted by atomic mass is 9.67. The molecule has 0 aliphatic heterocycles. The van der Waals surface area contributed by atoms with Crippen molar-refractivity contribution >= 4 is 21.9 Å². The molecule has 40 heavy (non-hydrogen) atoms. The largest absolute Gasteiger partial charge is 0.508 e. The zero-order chi connectivity index (χ0) is 26.8. The van der Waals surface area contributed by atoms with Gasteiger partial charge in [-0.25, -0.2) is 0 Å². The molecule has 0 atom stereocenters. The van der Waals surface area contributed by atoms with Crippen LogP contribution in [0.3, 0.4) is 0 Å². The molecule has 1 heterocycles. The van der Waals surface area contributed by atoms with Gasteiger partial charge in [-0.15, -0.1) is 0 Å². The second-order valence-corrected chi connectivity index (χ2v) is 10.4. The molecule has 3 heteroatoms. The fourth-order valence-electron chi connectivity index (χ4n) is 6.63. The molecule has 0 saturated carbocycles. The Labute approximate surface area is 231 Å². The van der Waals surface area contributed by atoms with Crippen molar-refractivity contribution in [3.63, 3.8) is 0 Å². The molecule has 8 rings (SSSR count). The molecule has 7 aromatic rings. The average molecular weight is 517 g/mol. The number of fused-ring (bicyclic) bond motifs is 6. The van der Waals surface area contributed by atoms with E-state index in [1.54, 1.807) is 24.3 Å². The molecule has 6 aromatic carbocycles. The smallest absolute Gasteiger partial charge is 0.143 e. The highest BCUT2D eigenvalue weighted by Gasteiger charge is 2.46.